The summed E-state index contributed by atoms with van der Waals surface area (Å²) in [5.74, 6) is -2.79. The van der Waals surface area contributed by atoms with Crippen LogP contribution in [0.5, 0.6) is 5.75 Å². The van der Waals surface area contributed by atoms with Crippen molar-refractivity contribution in [3.8, 4) is 5.75 Å². The number of aliphatic carboxylic acids is 1. The molecule has 1 aromatic carbocycles. The summed E-state index contributed by atoms with van der Waals surface area (Å²) >= 11 is 1.20. The third-order valence-corrected chi connectivity index (χ3v) is 7.91. The molecule has 0 saturated carbocycles. The molecule has 0 aromatic heterocycles. The molecule has 8 N–H and O–H groups in total. The topological polar surface area (TPSA) is 243 Å². The van der Waals surface area contributed by atoms with Crippen LogP contribution in [0.4, 0.5) is 4.79 Å². The number of phenolic OH excluding ortho intramolecular Hbond substituents is 1. The van der Waals surface area contributed by atoms with Crippen LogP contribution in [-0.2, 0) is 23.9 Å². The van der Waals surface area contributed by atoms with Crippen molar-refractivity contribution in [2.45, 2.75) is 66.5 Å². The fraction of sp³-hybridized carbons (Fsp3) is 0.522. The predicted octanol–water partition coefficient (Wildman–Crippen LogP) is -2.57. The lowest BCUT2D eigenvalue weighted by molar-refractivity contribution is -0.161. The van der Waals surface area contributed by atoms with E-state index < -0.39 is 83.1 Å². The Bertz CT molecular complexity index is 1120. The van der Waals surface area contributed by atoms with Crippen LogP contribution in [0, 0.1) is 0 Å². The number of nitrogens with one attached hydrogen (secondary N) is 2. The Labute approximate surface area is 225 Å². The Kier molecular flexibility index (Phi) is 9.07. The number of carboxylic acids is 1. The summed E-state index contributed by atoms with van der Waals surface area (Å²) in [6.07, 6.45) is -9.34. The van der Waals surface area contributed by atoms with Gasteiger partial charge in [0.1, 0.15) is 60.3 Å². The third kappa shape index (κ3) is 6.25. The number of hydrogen-bond acceptors (Lipinski definition) is 12. The maximum absolute atomic E-state index is 13.2. The minimum Gasteiger partial charge on any atom is -0.508 e. The lowest BCUT2D eigenvalue weighted by Gasteiger charge is -2.44. The molecule has 0 radical (unpaired) electrons. The van der Waals surface area contributed by atoms with Gasteiger partial charge < -0.3 is 55.7 Å². The van der Waals surface area contributed by atoms with Crippen LogP contribution < -0.4 is 10.6 Å². The summed E-state index contributed by atoms with van der Waals surface area (Å²) in [5.41, 5.74) is 0.166. The van der Waals surface area contributed by atoms with Crippen LogP contribution in [-0.4, -0.2) is 119 Å². The second kappa shape index (κ2) is 11.7. The maximum atomic E-state index is 13.2. The number of ether oxygens (including phenoxy) is 1. The Hall–Kier alpha value is -3.44. The van der Waals surface area contributed by atoms with Crippen LogP contribution >= 0.6 is 11.8 Å². The third-order valence-electron chi connectivity index (χ3n) is 6.34. The summed E-state index contributed by atoms with van der Waals surface area (Å²) in [5, 5.41) is 61.8. The first-order valence-corrected chi connectivity index (χ1v) is 12.5. The molecule has 0 spiro atoms. The number of β-lactam (4-membered cyclic amide) rings is 1. The van der Waals surface area contributed by atoms with Gasteiger partial charge in [-0.3, -0.25) is 9.59 Å². The van der Waals surface area contributed by atoms with E-state index in [4.69, 9.17) is 4.74 Å². The van der Waals surface area contributed by atoms with Crippen molar-refractivity contribution in [3.63, 3.8) is 0 Å². The highest BCUT2D eigenvalue weighted by Crippen LogP contribution is 2.50. The lowest BCUT2D eigenvalue weighted by atomic mass is 9.95. The number of aliphatic hydroxyl groups excluding tert-OH is 4. The number of carboxylic acid groups (broad SMARTS) is 1. The monoisotopic (exact) mass is 571 g/mol. The van der Waals surface area contributed by atoms with Gasteiger partial charge >= 0.3 is 12.1 Å². The van der Waals surface area contributed by atoms with Crippen LogP contribution in [0.3, 0.4) is 0 Å². The molecular weight excluding hydrogens is 542 g/mol. The van der Waals surface area contributed by atoms with E-state index in [9.17, 15) is 54.6 Å². The molecule has 8 atom stereocenters. The van der Waals surface area contributed by atoms with Crippen LogP contribution in [0.1, 0.15) is 25.5 Å². The molecule has 0 aliphatic carbocycles. The number of alkyl carbamates (subject to hydrolysis) is 1. The van der Waals surface area contributed by atoms with Gasteiger partial charge in [0, 0.05) is 4.75 Å². The molecule has 2 fully saturated rings. The molecule has 0 bridgehead atoms. The summed E-state index contributed by atoms with van der Waals surface area (Å²) in [6.45, 7) is 2.43. The number of phenols is 1. The van der Waals surface area contributed by atoms with Gasteiger partial charge in [0.15, 0.2) is 6.29 Å². The van der Waals surface area contributed by atoms with Crippen molar-refractivity contribution in [1.82, 2.24) is 15.5 Å². The number of benzene rings is 1. The van der Waals surface area contributed by atoms with Crippen molar-refractivity contribution in [3.05, 3.63) is 29.8 Å². The zero-order valence-corrected chi connectivity index (χ0v) is 21.5. The molecule has 214 valence electrons. The van der Waals surface area contributed by atoms with Crippen molar-refractivity contribution in [2.24, 2.45) is 0 Å². The van der Waals surface area contributed by atoms with Crippen LogP contribution in [0.25, 0.3) is 0 Å². The molecule has 4 unspecified atom stereocenters. The van der Waals surface area contributed by atoms with Gasteiger partial charge in [-0.15, -0.1) is 11.8 Å². The largest absolute Gasteiger partial charge is 0.508 e. The van der Waals surface area contributed by atoms with Crippen molar-refractivity contribution in [1.29, 1.82) is 0 Å². The van der Waals surface area contributed by atoms with E-state index >= 15 is 0 Å². The van der Waals surface area contributed by atoms with E-state index in [2.05, 4.69) is 10.6 Å². The standard InChI is InChI=1S/C23H29N3O12S/c1-23(2)17(21(35)36)26-19(34)14(20(26)39-23)24-18(33)13(9-3-5-10(28)6-4-9)25-22(37)38-8-12(30)16(32)15(31)11(29)7-27/h3-7,11-17,20,28-32H,8H2,1-2H3,(H,24,33)(H,25,37)(H,35,36)/t11-,12+,13?,14?,15+,16-,17?,20?/m0/s1. The van der Waals surface area contributed by atoms with Crippen molar-refractivity contribution < 1.29 is 59.3 Å². The number of aromatic hydroxyl groups is 1. The van der Waals surface area contributed by atoms with Gasteiger partial charge in [-0.05, 0) is 31.5 Å². The Morgan fingerprint density at radius 1 is 1.13 bits per heavy atom. The molecule has 15 nitrogen and oxygen atoms in total. The quantitative estimate of drug-likeness (QED) is 0.101. The number of thioether (sulfide) groups is 1. The zero-order chi connectivity index (χ0) is 29.2. The smallest absolute Gasteiger partial charge is 0.408 e. The number of aldehydes is 1. The number of rotatable bonds is 11. The van der Waals surface area contributed by atoms with Gasteiger partial charge in [-0.25, -0.2) is 9.59 Å². The minimum atomic E-state index is -2.06. The molecule has 2 aliphatic heterocycles. The van der Waals surface area contributed by atoms with E-state index in [1.165, 1.54) is 40.9 Å². The van der Waals surface area contributed by atoms with Crippen molar-refractivity contribution in [2.75, 3.05) is 6.61 Å². The number of carbonyl (C=O) groups excluding carboxylic acids is 4. The molecule has 3 amide bonds. The Balaban J connectivity index is 1.69. The fourth-order valence-corrected chi connectivity index (χ4v) is 5.90. The number of fused-ring (bicyclic) bond motifs is 1. The first-order valence-electron chi connectivity index (χ1n) is 11.6. The Morgan fingerprint density at radius 2 is 1.74 bits per heavy atom. The SMILES string of the molecule is CC1(C)SC2C(NC(=O)C(NC(=O)OC[C@@H](O)[C@H](O)[C@H](O)[C@@H](O)C=O)c3ccc(O)cc3)C(=O)N2C1C(=O)O. The molecule has 2 saturated heterocycles. The van der Waals surface area contributed by atoms with Gasteiger partial charge in [0.05, 0.1) is 0 Å². The van der Waals surface area contributed by atoms with E-state index in [1.54, 1.807) is 13.8 Å². The lowest BCUT2D eigenvalue weighted by Crippen LogP contribution is -2.71. The summed E-state index contributed by atoms with van der Waals surface area (Å²) in [6, 6.07) is 1.47. The number of carbonyl (C=O) groups is 5. The average Bonchev–Trinajstić information content (AvgIpc) is 3.15. The summed E-state index contributed by atoms with van der Waals surface area (Å²) in [7, 11) is 0. The van der Waals surface area contributed by atoms with Gasteiger partial charge in [0.25, 0.3) is 0 Å². The van der Waals surface area contributed by atoms with Crippen molar-refractivity contribution >= 4 is 41.9 Å². The number of nitrogens with zero attached hydrogens (tertiary/aromatic N) is 1. The first-order chi connectivity index (χ1) is 18.2. The average molecular weight is 572 g/mol. The fourth-order valence-electron chi connectivity index (χ4n) is 4.28. The molecule has 39 heavy (non-hydrogen) atoms. The molecule has 3 rings (SSSR count). The van der Waals surface area contributed by atoms with Gasteiger partial charge in [-0.2, -0.15) is 0 Å². The molecule has 16 heteroatoms. The normalized spacial score (nSPS) is 25.2. The number of aliphatic hydroxyl groups is 4. The minimum absolute atomic E-state index is 0.0615. The maximum Gasteiger partial charge on any atom is 0.408 e. The Morgan fingerprint density at radius 3 is 2.31 bits per heavy atom. The highest BCUT2D eigenvalue weighted by atomic mass is 32.2. The zero-order valence-electron chi connectivity index (χ0n) is 20.7. The summed E-state index contributed by atoms with van der Waals surface area (Å²) < 4.78 is 3.97. The number of amides is 3. The first kappa shape index (κ1) is 30.1. The molecule has 2 heterocycles. The molecule has 2 aliphatic rings. The van der Waals surface area contributed by atoms with E-state index in [1.807, 2.05) is 0 Å². The second-order valence-corrected chi connectivity index (χ2v) is 11.3. The van der Waals surface area contributed by atoms with E-state index in [0.717, 1.165) is 0 Å². The molecule has 1 aromatic rings. The molecular formula is C23H29N3O12S. The summed E-state index contributed by atoms with van der Waals surface area (Å²) in [4.78, 5) is 61.8. The predicted molar refractivity (Wildman–Crippen MR) is 131 cm³/mol. The second-order valence-electron chi connectivity index (χ2n) is 9.53. The van der Waals surface area contributed by atoms with Crippen LogP contribution in [0.2, 0.25) is 0 Å². The van der Waals surface area contributed by atoms with Gasteiger partial charge in [0.2, 0.25) is 11.8 Å². The van der Waals surface area contributed by atoms with Crippen LogP contribution in [0.15, 0.2) is 24.3 Å². The van der Waals surface area contributed by atoms with Gasteiger partial charge in [-0.1, -0.05) is 12.1 Å². The van der Waals surface area contributed by atoms with E-state index in [-0.39, 0.29) is 17.6 Å². The highest BCUT2D eigenvalue weighted by molar-refractivity contribution is 8.01. The highest BCUT2D eigenvalue weighted by Gasteiger charge is 2.64. The number of hydrogen-bond donors (Lipinski definition) is 8. The van der Waals surface area contributed by atoms with E-state index in [0.29, 0.717) is 0 Å².